The zero-order chi connectivity index (χ0) is 16.8. The molecular formula is C18H24N4O2. The number of amides is 1. The van der Waals surface area contributed by atoms with E-state index in [1.54, 1.807) is 6.20 Å². The van der Waals surface area contributed by atoms with Gasteiger partial charge < -0.3 is 15.3 Å². The molecule has 0 atom stereocenters. The SMILES string of the molecule is O=C(NCCCN1CCC(O)CC1)c1cn[nH]c1-c1ccccc1. The number of nitrogens with one attached hydrogen (secondary N) is 2. The summed E-state index contributed by atoms with van der Waals surface area (Å²) in [4.78, 5) is 14.7. The minimum absolute atomic E-state index is 0.100. The van der Waals surface area contributed by atoms with Gasteiger partial charge in [-0.05, 0) is 25.8 Å². The van der Waals surface area contributed by atoms with Crippen LogP contribution in [0.3, 0.4) is 0 Å². The number of carbonyl (C=O) groups is 1. The third kappa shape index (κ3) is 4.21. The molecule has 1 aromatic carbocycles. The molecule has 0 radical (unpaired) electrons. The molecule has 6 heteroatoms. The number of piperidine rings is 1. The van der Waals surface area contributed by atoms with Gasteiger partial charge >= 0.3 is 0 Å². The third-order valence-corrected chi connectivity index (χ3v) is 4.44. The van der Waals surface area contributed by atoms with Crippen LogP contribution in [0.25, 0.3) is 11.3 Å². The average Bonchev–Trinajstić information content (AvgIpc) is 3.11. The quantitative estimate of drug-likeness (QED) is 0.704. The first-order valence-electron chi connectivity index (χ1n) is 8.51. The van der Waals surface area contributed by atoms with Crippen LogP contribution in [0.2, 0.25) is 0 Å². The molecule has 2 aromatic rings. The second kappa shape index (κ2) is 8.08. The van der Waals surface area contributed by atoms with Crippen LogP contribution in [0.1, 0.15) is 29.6 Å². The molecule has 0 saturated carbocycles. The first-order valence-corrected chi connectivity index (χ1v) is 8.51. The van der Waals surface area contributed by atoms with E-state index >= 15 is 0 Å². The lowest BCUT2D eigenvalue weighted by Gasteiger charge is -2.29. The monoisotopic (exact) mass is 328 g/mol. The number of aromatic nitrogens is 2. The molecule has 0 bridgehead atoms. The van der Waals surface area contributed by atoms with Crippen LogP contribution in [0, 0.1) is 0 Å². The Hall–Kier alpha value is -2.18. The lowest BCUT2D eigenvalue weighted by Crippen LogP contribution is -2.37. The van der Waals surface area contributed by atoms with Gasteiger partial charge in [0.2, 0.25) is 0 Å². The van der Waals surface area contributed by atoms with Crippen LogP contribution >= 0.6 is 0 Å². The summed E-state index contributed by atoms with van der Waals surface area (Å²) in [6.07, 6.45) is 4.03. The number of benzene rings is 1. The second-order valence-electron chi connectivity index (χ2n) is 6.21. The first-order chi connectivity index (χ1) is 11.7. The van der Waals surface area contributed by atoms with E-state index in [9.17, 15) is 9.90 Å². The topological polar surface area (TPSA) is 81.2 Å². The van der Waals surface area contributed by atoms with Gasteiger partial charge in [-0.3, -0.25) is 9.89 Å². The molecule has 1 saturated heterocycles. The number of aliphatic hydroxyl groups excluding tert-OH is 1. The number of likely N-dealkylation sites (tertiary alicyclic amines) is 1. The average molecular weight is 328 g/mol. The van der Waals surface area contributed by atoms with Gasteiger partial charge in [-0.1, -0.05) is 30.3 Å². The molecule has 1 aliphatic heterocycles. The third-order valence-electron chi connectivity index (χ3n) is 4.44. The van der Waals surface area contributed by atoms with E-state index in [4.69, 9.17) is 0 Å². The molecule has 1 aliphatic rings. The number of hydrogen-bond donors (Lipinski definition) is 3. The van der Waals surface area contributed by atoms with Gasteiger partial charge in [0.05, 0.1) is 23.6 Å². The predicted molar refractivity (Wildman–Crippen MR) is 92.7 cm³/mol. The van der Waals surface area contributed by atoms with E-state index in [0.29, 0.717) is 12.1 Å². The van der Waals surface area contributed by atoms with Gasteiger partial charge in [-0.25, -0.2) is 0 Å². The van der Waals surface area contributed by atoms with Crippen LogP contribution in [0.15, 0.2) is 36.5 Å². The highest BCUT2D eigenvalue weighted by atomic mass is 16.3. The van der Waals surface area contributed by atoms with E-state index in [2.05, 4.69) is 20.4 Å². The molecule has 6 nitrogen and oxygen atoms in total. The minimum atomic E-state index is -0.140. The van der Waals surface area contributed by atoms with Crippen molar-refractivity contribution in [3.8, 4) is 11.3 Å². The Morgan fingerprint density at radius 3 is 2.79 bits per heavy atom. The van der Waals surface area contributed by atoms with E-state index in [1.807, 2.05) is 30.3 Å². The van der Waals surface area contributed by atoms with Gasteiger partial charge in [0, 0.05) is 25.2 Å². The zero-order valence-electron chi connectivity index (χ0n) is 13.7. The number of carbonyl (C=O) groups excluding carboxylic acids is 1. The molecule has 3 rings (SSSR count). The van der Waals surface area contributed by atoms with Gasteiger partial charge in [0.1, 0.15) is 0 Å². The minimum Gasteiger partial charge on any atom is -0.393 e. The lowest BCUT2D eigenvalue weighted by molar-refractivity contribution is 0.0816. The van der Waals surface area contributed by atoms with Crippen molar-refractivity contribution in [3.05, 3.63) is 42.1 Å². The molecular weight excluding hydrogens is 304 g/mol. The Kier molecular flexibility index (Phi) is 5.61. The fraction of sp³-hybridized carbons (Fsp3) is 0.444. The second-order valence-corrected chi connectivity index (χ2v) is 6.21. The Balaban J connectivity index is 1.47. The maximum atomic E-state index is 12.4. The van der Waals surface area contributed by atoms with E-state index < -0.39 is 0 Å². The smallest absolute Gasteiger partial charge is 0.255 e. The summed E-state index contributed by atoms with van der Waals surface area (Å²) in [7, 11) is 0. The zero-order valence-corrected chi connectivity index (χ0v) is 13.7. The van der Waals surface area contributed by atoms with Crippen LogP contribution in [-0.2, 0) is 0 Å². The Morgan fingerprint density at radius 1 is 1.29 bits per heavy atom. The Labute approximate surface area is 141 Å². The largest absolute Gasteiger partial charge is 0.393 e. The van der Waals surface area contributed by atoms with Crippen molar-refractivity contribution in [1.82, 2.24) is 20.4 Å². The van der Waals surface area contributed by atoms with Crippen LogP contribution in [-0.4, -0.2) is 58.4 Å². The standard InChI is InChI=1S/C18H24N4O2/c23-15-7-11-22(12-8-15)10-4-9-19-18(24)16-13-20-21-17(16)14-5-2-1-3-6-14/h1-3,5-6,13,15,23H,4,7-12H2,(H,19,24)(H,20,21). The molecule has 0 aliphatic carbocycles. The van der Waals surface area contributed by atoms with Crippen molar-refractivity contribution in [2.75, 3.05) is 26.2 Å². The molecule has 3 N–H and O–H groups in total. The highest BCUT2D eigenvalue weighted by molar-refractivity contribution is 5.99. The molecule has 128 valence electrons. The van der Waals surface area contributed by atoms with Crippen molar-refractivity contribution >= 4 is 5.91 Å². The maximum Gasteiger partial charge on any atom is 0.255 e. The van der Waals surface area contributed by atoms with E-state index in [1.165, 1.54) is 0 Å². The van der Waals surface area contributed by atoms with Crippen LogP contribution in [0.4, 0.5) is 0 Å². The fourth-order valence-electron chi connectivity index (χ4n) is 3.03. The number of hydrogen-bond acceptors (Lipinski definition) is 4. The maximum absolute atomic E-state index is 12.4. The first kappa shape index (κ1) is 16.7. The number of H-pyrrole nitrogens is 1. The van der Waals surface area contributed by atoms with Crippen LogP contribution < -0.4 is 5.32 Å². The number of aromatic amines is 1. The summed E-state index contributed by atoms with van der Waals surface area (Å²) in [5.74, 6) is -0.100. The van der Waals surface area contributed by atoms with Gasteiger partial charge in [-0.2, -0.15) is 5.10 Å². The summed E-state index contributed by atoms with van der Waals surface area (Å²) >= 11 is 0. The van der Waals surface area contributed by atoms with Crippen molar-refractivity contribution in [2.24, 2.45) is 0 Å². The van der Waals surface area contributed by atoms with Crippen molar-refractivity contribution in [2.45, 2.75) is 25.4 Å². The molecule has 1 aromatic heterocycles. The number of rotatable bonds is 6. The molecule has 1 fully saturated rings. The molecule has 0 unspecified atom stereocenters. The number of nitrogens with zero attached hydrogens (tertiary/aromatic N) is 2. The molecule has 0 spiro atoms. The van der Waals surface area contributed by atoms with E-state index in [0.717, 1.165) is 50.2 Å². The van der Waals surface area contributed by atoms with Gasteiger partial charge in [0.25, 0.3) is 5.91 Å². The molecule has 2 heterocycles. The molecule has 24 heavy (non-hydrogen) atoms. The summed E-state index contributed by atoms with van der Waals surface area (Å²) in [5, 5.41) is 19.4. The van der Waals surface area contributed by atoms with Crippen LogP contribution in [0.5, 0.6) is 0 Å². The van der Waals surface area contributed by atoms with Crippen molar-refractivity contribution in [3.63, 3.8) is 0 Å². The van der Waals surface area contributed by atoms with E-state index in [-0.39, 0.29) is 12.0 Å². The van der Waals surface area contributed by atoms with Crippen molar-refractivity contribution in [1.29, 1.82) is 0 Å². The Morgan fingerprint density at radius 2 is 2.04 bits per heavy atom. The van der Waals surface area contributed by atoms with Gasteiger partial charge in [0.15, 0.2) is 0 Å². The predicted octanol–water partition coefficient (Wildman–Crippen LogP) is 1.65. The van der Waals surface area contributed by atoms with Gasteiger partial charge in [-0.15, -0.1) is 0 Å². The highest BCUT2D eigenvalue weighted by Gasteiger charge is 2.17. The van der Waals surface area contributed by atoms with Crippen molar-refractivity contribution < 1.29 is 9.90 Å². The summed E-state index contributed by atoms with van der Waals surface area (Å²) in [6, 6.07) is 9.73. The summed E-state index contributed by atoms with van der Waals surface area (Å²) in [5.41, 5.74) is 2.27. The molecule has 1 amide bonds. The highest BCUT2D eigenvalue weighted by Crippen LogP contribution is 2.20. The lowest BCUT2D eigenvalue weighted by atomic mass is 10.1. The normalized spacial score (nSPS) is 16.2. The Bertz CT molecular complexity index is 648. The fourth-order valence-corrected chi connectivity index (χ4v) is 3.03. The number of aliphatic hydroxyl groups is 1. The summed E-state index contributed by atoms with van der Waals surface area (Å²) < 4.78 is 0. The summed E-state index contributed by atoms with van der Waals surface area (Å²) in [6.45, 7) is 3.46.